The van der Waals surface area contributed by atoms with Gasteiger partial charge in [-0.1, -0.05) is 36.3 Å². The van der Waals surface area contributed by atoms with E-state index >= 15 is 0 Å². The van der Waals surface area contributed by atoms with Gasteiger partial charge < -0.3 is 59.4 Å². The number of aliphatic carboxylic acids is 2. The van der Waals surface area contributed by atoms with Gasteiger partial charge in [-0.25, -0.2) is 4.68 Å². The van der Waals surface area contributed by atoms with Crippen molar-refractivity contribution in [1.29, 1.82) is 0 Å². The van der Waals surface area contributed by atoms with Crippen molar-refractivity contribution < 1.29 is 67.5 Å². The van der Waals surface area contributed by atoms with E-state index in [-0.39, 0.29) is 73.5 Å². The molecule has 2 atom stereocenters. The molecule has 2 aliphatic rings. The lowest BCUT2D eigenvalue weighted by molar-refractivity contribution is -0.152. The highest BCUT2D eigenvalue weighted by atomic mass is 32.2. The van der Waals surface area contributed by atoms with Crippen molar-refractivity contribution in [3.05, 3.63) is 122 Å². The average Bonchev–Trinajstić information content (AvgIpc) is 1.70. The number of thioether (sulfide) groups is 2. The summed E-state index contributed by atoms with van der Waals surface area (Å²) >= 11 is 10.2. The van der Waals surface area contributed by atoms with Crippen molar-refractivity contribution in [3.8, 4) is 12.3 Å². The van der Waals surface area contributed by atoms with Crippen LogP contribution in [-0.2, 0) is 70.3 Å². The molecule has 2 saturated heterocycles. The summed E-state index contributed by atoms with van der Waals surface area (Å²) in [5.74, 6) is 2.64. The lowest BCUT2D eigenvalue weighted by atomic mass is 9.98. The number of azide groups is 1. The molecule has 0 radical (unpaired) electrons. The number of thiophene rings is 4. The van der Waals surface area contributed by atoms with Gasteiger partial charge in [0, 0.05) is 169 Å². The minimum atomic E-state index is -0.829. The standard InChI is InChI=1S/C38H54N6O6S3.C26H36N4O4S2.C16H26N2O4S/c1-4-34(46)43(20-25-51-22-14-35(47)48)18-15-39-33(45)11-5-9-31-27-44(41-40-31)19-21-50-38(49)30-8-6-16-42(26-30)17-7-10-32(36-28(2)12-23-52-36)37-29(3)13-24-53-37;1-20-7-17-35-24(20)23(25-21(2)8-18-36-25)6-4-11-30-10-3-5-22(19-30)26(31)34-16-15-33-14-13-32-12-9-28-29-27;1-3-5-6-7-14(19)17-9-10-18(15(20)4-2)11-13-23-12-8-16(21)22/h10,12-13,23-24,27,30H,4-9,11,14-22,25-26H2,1-3H3,(H,39,45)(H,47,48);6-8,17-18,22H,3-5,9-16,19H2,1-2H3;1H,4-13H2,2H3,(H,17,19)(H,21,22)/t30-;22-;/m11./s1. The maximum absolute atomic E-state index is 13.0. The number of carbonyl (C=O) groups is 8. The van der Waals surface area contributed by atoms with Gasteiger partial charge in [0.25, 0.3) is 0 Å². The van der Waals surface area contributed by atoms with E-state index < -0.39 is 11.9 Å². The Kier molecular flexibility index (Phi) is 48.2. The number of amides is 4. The third-order valence-electron chi connectivity index (χ3n) is 18.3. The van der Waals surface area contributed by atoms with E-state index in [0.717, 1.165) is 76.9 Å². The molecule has 2 fully saturated rings. The highest BCUT2D eigenvalue weighted by molar-refractivity contribution is 7.99. The monoisotopic (exact) mass is 1660 g/mol. The van der Waals surface area contributed by atoms with E-state index in [4.69, 9.17) is 41.1 Å². The van der Waals surface area contributed by atoms with Gasteiger partial charge in [0.2, 0.25) is 23.6 Å². The Morgan fingerprint density at radius 3 is 1.50 bits per heavy atom. The second-order valence-electron chi connectivity index (χ2n) is 26.9. The molecule has 7 heterocycles. The van der Waals surface area contributed by atoms with Crippen LogP contribution in [0.4, 0.5) is 0 Å². The number of unbranched alkanes of at least 4 members (excludes halogenated alkanes) is 1. The zero-order valence-corrected chi connectivity index (χ0v) is 71.0. The van der Waals surface area contributed by atoms with E-state index in [1.807, 2.05) is 6.20 Å². The van der Waals surface area contributed by atoms with Gasteiger partial charge in [-0.15, -0.1) is 62.8 Å². The smallest absolute Gasteiger partial charge is 0.310 e. The van der Waals surface area contributed by atoms with Crippen LogP contribution in [0.2, 0.25) is 0 Å². The molecule has 4 N–H and O–H groups in total. The molecule has 7 rings (SSSR count). The first-order valence-corrected chi connectivity index (χ1v) is 44.6. The van der Waals surface area contributed by atoms with Crippen LogP contribution in [0.15, 0.2) is 69.2 Å². The number of aromatic nitrogens is 3. The molecule has 0 aliphatic carbocycles. The summed E-state index contributed by atoms with van der Waals surface area (Å²) in [6, 6.07) is 8.73. The predicted octanol–water partition coefficient (Wildman–Crippen LogP) is 12.9. The molecule has 5 aromatic rings. The van der Waals surface area contributed by atoms with E-state index in [1.54, 1.807) is 73.7 Å². The maximum atomic E-state index is 13.0. The summed E-state index contributed by atoms with van der Waals surface area (Å²) in [5.41, 5.74) is 16.9. The van der Waals surface area contributed by atoms with E-state index in [0.29, 0.717) is 160 Å². The normalized spacial score (nSPS) is 14.0. The summed E-state index contributed by atoms with van der Waals surface area (Å²) in [4.78, 5) is 111. The van der Waals surface area contributed by atoms with Crippen LogP contribution in [0.3, 0.4) is 0 Å². The van der Waals surface area contributed by atoms with Crippen molar-refractivity contribution in [2.24, 2.45) is 17.0 Å². The van der Waals surface area contributed by atoms with Crippen molar-refractivity contribution >= 4 is 128 Å². The zero-order chi connectivity index (χ0) is 81.1. The first kappa shape index (κ1) is 95.2. The Labute approximate surface area is 685 Å². The molecule has 0 unspecified atom stereocenters. The Morgan fingerprint density at radius 2 is 1.07 bits per heavy atom. The predicted molar refractivity (Wildman–Crippen MR) is 450 cm³/mol. The summed E-state index contributed by atoms with van der Waals surface area (Å²) in [6.45, 7) is 23.1. The minimum Gasteiger partial charge on any atom is -0.481 e. The van der Waals surface area contributed by atoms with Crippen LogP contribution in [0.5, 0.6) is 0 Å². The summed E-state index contributed by atoms with van der Waals surface area (Å²) in [5, 5.41) is 43.4. The van der Waals surface area contributed by atoms with Crippen molar-refractivity contribution in [2.75, 3.05) is 148 Å². The molecule has 26 nitrogen and oxygen atoms in total. The molecule has 0 aromatic carbocycles. The molecular weight excluding hydrogens is 1550 g/mol. The third-order valence-corrected chi connectivity index (χ3v) is 24.4. The Hall–Kier alpha value is -7.41. The lowest BCUT2D eigenvalue weighted by Crippen LogP contribution is -2.40. The number of nitrogens with one attached hydrogen (secondary N) is 2. The molecule has 5 aromatic heterocycles. The van der Waals surface area contributed by atoms with E-state index in [2.05, 4.69) is 132 Å². The van der Waals surface area contributed by atoms with Crippen LogP contribution in [0, 0.1) is 51.9 Å². The minimum absolute atomic E-state index is 0.00905. The second-order valence-corrected chi connectivity index (χ2v) is 33.0. The number of ether oxygens (including phenoxy) is 4. The number of hydrogen-bond donors (Lipinski definition) is 4. The van der Waals surface area contributed by atoms with Gasteiger partial charge in [-0.2, -0.15) is 23.5 Å². The number of likely N-dealkylation sites (tertiary alicyclic amines) is 2. The summed E-state index contributed by atoms with van der Waals surface area (Å²) in [6.07, 6.45) is 21.5. The molecular formula is C80H116N12O14S6. The summed E-state index contributed by atoms with van der Waals surface area (Å²) < 4.78 is 23.5. The van der Waals surface area contributed by atoms with Gasteiger partial charge in [-0.3, -0.25) is 38.4 Å². The number of carboxylic acid groups (broad SMARTS) is 2. The zero-order valence-electron chi connectivity index (χ0n) is 66.1. The van der Waals surface area contributed by atoms with Gasteiger partial charge in [0.05, 0.1) is 63.3 Å². The van der Waals surface area contributed by atoms with Gasteiger partial charge in [-0.05, 0) is 172 Å². The van der Waals surface area contributed by atoms with Gasteiger partial charge in [0.15, 0.2) is 0 Å². The quantitative estimate of drug-likeness (QED) is 0.00702. The second kappa shape index (κ2) is 56.8. The fourth-order valence-corrected chi connectivity index (χ4v) is 18.0. The number of carboxylic acids is 2. The van der Waals surface area contributed by atoms with E-state index in [9.17, 15) is 38.4 Å². The van der Waals surface area contributed by atoms with Crippen molar-refractivity contribution in [1.82, 2.24) is 45.2 Å². The van der Waals surface area contributed by atoms with E-state index in [1.165, 1.54) is 76.4 Å². The number of rotatable bonds is 51. The molecule has 0 bridgehead atoms. The number of terminal acetylenes is 1. The largest absolute Gasteiger partial charge is 0.481 e. The van der Waals surface area contributed by atoms with Gasteiger partial charge in [0.1, 0.15) is 13.2 Å². The van der Waals surface area contributed by atoms with Crippen LogP contribution < -0.4 is 10.6 Å². The maximum Gasteiger partial charge on any atom is 0.310 e. The highest BCUT2D eigenvalue weighted by Gasteiger charge is 2.29. The number of aryl methyl sites for hydroxylation is 5. The number of carbonyl (C=O) groups excluding carboxylic acids is 6. The Morgan fingerprint density at radius 1 is 0.625 bits per heavy atom. The number of esters is 2. The molecule has 32 heteroatoms. The topological polar surface area (TPSA) is 330 Å². The molecule has 0 saturated carbocycles. The van der Waals surface area contributed by atoms with Crippen molar-refractivity contribution in [2.45, 2.75) is 151 Å². The summed E-state index contributed by atoms with van der Waals surface area (Å²) in [7, 11) is 0. The molecule has 0 spiro atoms. The Balaban J connectivity index is 0.000000328. The van der Waals surface area contributed by atoms with Crippen LogP contribution >= 0.6 is 68.9 Å². The SMILES string of the molecule is C#CCCCC(=O)NCCN(CCSCCC(=O)O)C(=O)CC.CCC(=O)N(CCNC(=O)CCCc1cn(CCOC(=O)[C@@H]2CCCN(CCC=C(c3sccc3C)c3sccc3C)C2)nn1)CCSCCC(=O)O.Cc1ccsc1C(=CCCN1CCC[C@@H](C(=O)OCCOCCOCCN=[N+]=[N-])C1)c1sccc1C. The molecule has 112 heavy (non-hydrogen) atoms. The Bertz CT molecular complexity index is 3720. The lowest BCUT2D eigenvalue weighted by Gasteiger charge is -2.31. The number of piperidine rings is 2. The fourth-order valence-electron chi connectivity index (χ4n) is 12.2. The highest BCUT2D eigenvalue weighted by Crippen LogP contribution is 2.37. The van der Waals surface area contributed by atoms with Crippen LogP contribution in [0.25, 0.3) is 21.6 Å². The first-order chi connectivity index (χ1) is 54.2. The van der Waals surface area contributed by atoms with Crippen molar-refractivity contribution in [3.63, 3.8) is 0 Å². The average molecular weight is 1660 g/mol. The number of nitrogens with zero attached hydrogens (tertiary/aromatic N) is 10. The van der Waals surface area contributed by atoms with Crippen LogP contribution in [0.1, 0.15) is 158 Å². The number of hydrogen-bond acceptors (Lipinski definition) is 23. The van der Waals surface area contributed by atoms with Crippen LogP contribution in [-0.4, -0.2) is 240 Å². The third kappa shape index (κ3) is 38.2. The molecule has 616 valence electrons. The molecule has 4 amide bonds. The fraction of sp³-hybridized carbons (Fsp3) is 0.600. The molecule has 2 aliphatic heterocycles. The van der Waals surface area contributed by atoms with Gasteiger partial charge >= 0.3 is 23.9 Å². The first-order valence-electron chi connectivity index (χ1n) is 38.8.